The fraction of sp³-hybridized carbons (Fsp3) is 0.465. The highest BCUT2D eigenvalue weighted by atomic mass is 32.2. The molecule has 0 radical (unpaired) electrons. The van der Waals surface area contributed by atoms with E-state index in [1.807, 2.05) is 33.1 Å². The van der Waals surface area contributed by atoms with Crippen molar-refractivity contribution in [3.63, 3.8) is 0 Å². The number of hydrogen-bond acceptors (Lipinski definition) is 11. The van der Waals surface area contributed by atoms with Crippen LogP contribution in [0.5, 0.6) is 0 Å². The van der Waals surface area contributed by atoms with Gasteiger partial charge < -0.3 is 10.2 Å². The predicted octanol–water partition coefficient (Wildman–Crippen LogP) is 3.82. The number of carbonyl (C=O) groups excluding carboxylic acids is 4. The number of piperazine rings is 1. The fourth-order valence-electron chi connectivity index (χ4n) is 9.80. The number of hydrogen-bond donors (Lipinski definition) is 2. The molecule has 4 unspecified atom stereocenters. The van der Waals surface area contributed by atoms with E-state index in [2.05, 4.69) is 25.4 Å². The van der Waals surface area contributed by atoms with Crippen LogP contribution in [0.1, 0.15) is 85.3 Å². The summed E-state index contributed by atoms with van der Waals surface area (Å²) in [5.74, 6) is -2.06. The predicted molar refractivity (Wildman–Crippen MR) is 222 cm³/mol. The molecule has 2 aromatic carbocycles. The van der Waals surface area contributed by atoms with Crippen molar-refractivity contribution in [3.8, 4) is 0 Å². The van der Waals surface area contributed by atoms with Crippen molar-refractivity contribution < 1.29 is 27.8 Å². The zero-order valence-corrected chi connectivity index (χ0v) is 34.2. The van der Waals surface area contributed by atoms with E-state index in [1.54, 1.807) is 31.3 Å². The number of carbonyl (C=O) groups is 4. The smallest absolute Gasteiger partial charge is 0.261 e. The first-order valence-corrected chi connectivity index (χ1v) is 22.0. The molecule has 5 saturated heterocycles. The van der Waals surface area contributed by atoms with Gasteiger partial charge in [0.15, 0.2) is 0 Å². The van der Waals surface area contributed by atoms with E-state index in [4.69, 9.17) is 4.98 Å². The van der Waals surface area contributed by atoms with Gasteiger partial charge in [0.2, 0.25) is 24.2 Å². The number of amides is 4. The average molecular weight is 838 g/mol. The van der Waals surface area contributed by atoms with Crippen LogP contribution in [0.25, 0.3) is 11.0 Å². The van der Waals surface area contributed by atoms with E-state index in [1.165, 1.54) is 0 Å². The minimum Gasteiger partial charge on any atom is -0.360 e. The van der Waals surface area contributed by atoms with Crippen LogP contribution in [-0.4, -0.2) is 107 Å². The van der Waals surface area contributed by atoms with Crippen LogP contribution >= 0.6 is 0 Å². The molecule has 4 amide bonds. The first-order valence-electron chi connectivity index (χ1n) is 20.9. The second-order valence-corrected chi connectivity index (χ2v) is 18.2. The first kappa shape index (κ1) is 40.0. The molecule has 6 fully saturated rings. The molecule has 1 aliphatic carbocycles. The number of piperidine rings is 3. The Bertz CT molecular complexity index is 2440. The van der Waals surface area contributed by atoms with Crippen molar-refractivity contribution in [3.05, 3.63) is 87.6 Å². The third-order valence-corrected chi connectivity index (χ3v) is 14.3. The fourth-order valence-corrected chi connectivity index (χ4v) is 11.1. The Kier molecular flexibility index (Phi) is 11.1. The van der Waals surface area contributed by atoms with Gasteiger partial charge in [-0.3, -0.25) is 43.7 Å². The molecule has 0 spiro atoms. The van der Waals surface area contributed by atoms with Gasteiger partial charge in [-0.15, -0.1) is 0 Å². The minimum atomic E-state index is -1.33. The van der Waals surface area contributed by atoms with E-state index >= 15 is 4.39 Å². The van der Waals surface area contributed by atoms with E-state index in [9.17, 15) is 28.2 Å². The standard InChI is InChI=1S/C43H48FN9O6S/c1-26-17-37(35(44)20-34(26)42(58)51(25-54)36-10-11-38(55)47-41(36)57)52-31-19-32(52)24-49(23-31)22-27-5-4-8-33(18-27)60(59)50-15-13-29(14-16-50)46-43-45-21-28-9-12-39(56)53(40(28)48-43)30-6-2-3-7-30/h4-5,8-9,12,17-18,20-21,25,29-32,36H,2-3,6-7,10-11,13-16,19,22-24H2,1H3,(H,45,46,48)(H,47,55,57). The third-order valence-electron chi connectivity index (χ3n) is 12.8. The number of fused-ring (bicyclic) bond motifs is 3. The highest BCUT2D eigenvalue weighted by molar-refractivity contribution is 7.82. The Morgan fingerprint density at radius 2 is 1.77 bits per heavy atom. The summed E-state index contributed by atoms with van der Waals surface area (Å²) in [6.45, 7) is 5.03. The normalized spacial score (nSPS) is 23.3. The molecule has 2 aromatic heterocycles. The van der Waals surface area contributed by atoms with E-state index in [-0.39, 0.29) is 54.5 Å². The van der Waals surface area contributed by atoms with Gasteiger partial charge in [0.1, 0.15) is 28.5 Å². The molecule has 60 heavy (non-hydrogen) atoms. The number of anilines is 2. The van der Waals surface area contributed by atoms with Crippen molar-refractivity contribution >= 4 is 57.8 Å². The highest BCUT2D eigenvalue weighted by Crippen LogP contribution is 2.40. The largest absolute Gasteiger partial charge is 0.360 e. The Labute approximate surface area is 348 Å². The summed E-state index contributed by atoms with van der Waals surface area (Å²) in [7, 11) is -1.33. The molecule has 314 valence electrons. The summed E-state index contributed by atoms with van der Waals surface area (Å²) in [5.41, 5.74) is 2.56. The van der Waals surface area contributed by atoms with Crippen molar-refractivity contribution in [2.45, 2.75) is 106 Å². The maximum atomic E-state index is 15.8. The van der Waals surface area contributed by atoms with Crippen molar-refractivity contribution in [2.75, 3.05) is 36.4 Å². The third kappa shape index (κ3) is 7.73. The Morgan fingerprint density at radius 3 is 2.50 bits per heavy atom. The number of rotatable bonds is 11. The molecule has 10 rings (SSSR count). The maximum absolute atomic E-state index is 15.8. The molecule has 5 aliphatic heterocycles. The average Bonchev–Trinajstić information content (AvgIpc) is 3.77. The summed E-state index contributed by atoms with van der Waals surface area (Å²) < 4.78 is 33.5. The minimum absolute atomic E-state index is 0.00380. The number of nitrogens with zero attached hydrogens (tertiary/aromatic N) is 7. The SMILES string of the molecule is Cc1cc(N2C3CC2CN(Cc2cccc(S(=O)N4CCC(Nc5ncc6ccc(=O)n(C7CCCC7)c6n5)CC4)c2)C3)c(F)cc1C(=O)N(C=O)C1CCC(=O)NC1=O. The van der Waals surface area contributed by atoms with Crippen LogP contribution in [0.3, 0.4) is 0 Å². The molecule has 15 nitrogen and oxygen atoms in total. The molecular weight excluding hydrogens is 790 g/mol. The second-order valence-electron chi connectivity index (χ2n) is 16.7. The van der Waals surface area contributed by atoms with Crippen molar-refractivity contribution in [1.82, 2.24) is 34.0 Å². The van der Waals surface area contributed by atoms with E-state index < -0.39 is 40.6 Å². The summed E-state index contributed by atoms with van der Waals surface area (Å²) in [6, 6.07) is 13.4. The van der Waals surface area contributed by atoms with Gasteiger partial charge in [-0.1, -0.05) is 25.0 Å². The molecular formula is C43H48FN9O6S. The lowest BCUT2D eigenvalue weighted by molar-refractivity contribution is -0.139. The van der Waals surface area contributed by atoms with Gasteiger partial charge in [0, 0.05) is 86.5 Å². The van der Waals surface area contributed by atoms with Crippen LogP contribution in [0.2, 0.25) is 0 Å². The van der Waals surface area contributed by atoms with Gasteiger partial charge in [-0.25, -0.2) is 17.9 Å². The lowest BCUT2D eigenvalue weighted by atomic mass is 9.86. The van der Waals surface area contributed by atoms with Crippen LogP contribution in [0, 0.1) is 12.7 Å². The number of pyridine rings is 1. The van der Waals surface area contributed by atoms with Crippen LogP contribution < -0.4 is 21.1 Å². The van der Waals surface area contributed by atoms with Crippen molar-refractivity contribution in [2.24, 2.45) is 0 Å². The van der Waals surface area contributed by atoms with Gasteiger partial charge in [0.25, 0.3) is 11.5 Å². The topological polar surface area (TPSA) is 170 Å². The zero-order valence-electron chi connectivity index (χ0n) is 33.4. The summed E-state index contributed by atoms with van der Waals surface area (Å²) >= 11 is 0. The Hall–Kier alpha value is -5.39. The maximum Gasteiger partial charge on any atom is 0.261 e. The number of aromatic nitrogens is 3. The lowest BCUT2D eigenvalue weighted by Gasteiger charge is -2.57. The van der Waals surface area contributed by atoms with E-state index in [0.29, 0.717) is 55.6 Å². The molecule has 6 aliphatic rings. The van der Waals surface area contributed by atoms with Gasteiger partial charge in [-0.2, -0.15) is 4.98 Å². The Morgan fingerprint density at radius 1 is 1.00 bits per heavy atom. The number of halogens is 1. The van der Waals surface area contributed by atoms with Gasteiger partial charge in [0.05, 0.1) is 10.6 Å². The van der Waals surface area contributed by atoms with E-state index in [0.717, 1.165) is 71.8 Å². The number of aryl methyl sites for hydroxylation is 1. The first-order chi connectivity index (χ1) is 29.0. The monoisotopic (exact) mass is 837 g/mol. The highest BCUT2D eigenvalue weighted by Gasteiger charge is 2.46. The number of benzene rings is 2. The molecule has 2 N–H and O–H groups in total. The zero-order chi connectivity index (χ0) is 41.7. The van der Waals surface area contributed by atoms with Gasteiger partial charge in [-0.05, 0) is 86.9 Å². The van der Waals surface area contributed by atoms with Crippen LogP contribution in [-0.2, 0) is 31.9 Å². The summed E-state index contributed by atoms with van der Waals surface area (Å²) in [6.07, 6.45) is 8.69. The molecule has 4 aromatic rings. The lowest BCUT2D eigenvalue weighted by Crippen LogP contribution is -2.69. The molecule has 17 heteroatoms. The molecule has 1 saturated carbocycles. The number of imide groups is 2. The van der Waals surface area contributed by atoms with Gasteiger partial charge >= 0.3 is 0 Å². The molecule has 2 bridgehead atoms. The molecule has 7 heterocycles. The van der Waals surface area contributed by atoms with Crippen LogP contribution in [0.4, 0.5) is 16.0 Å². The summed E-state index contributed by atoms with van der Waals surface area (Å²) in [5, 5.41) is 6.48. The quantitative estimate of drug-likeness (QED) is 0.166. The van der Waals surface area contributed by atoms with Crippen LogP contribution in [0.15, 0.2) is 64.4 Å². The van der Waals surface area contributed by atoms with Crippen molar-refractivity contribution in [1.29, 1.82) is 0 Å². The molecule has 4 atom stereocenters. The summed E-state index contributed by atoms with van der Waals surface area (Å²) in [4.78, 5) is 77.4. The second kappa shape index (κ2) is 16.6. The Balaban J connectivity index is 0.792. The number of nitrogens with one attached hydrogen (secondary N) is 2.